The van der Waals surface area contributed by atoms with E-state index in [1.54, 1.807) is 0 Å². The third kappa shape index (κ3) is 4.75. The zero-order valence-electron chi connectivity index (χ0n) is 15.0. The highest BCUT2D eigenvalue weighted by Gasteiger charge is 2.05. The molecule has 0 aliphatic heterocycles. The summed E-state index contributed by atoms with van der Waals surface area (Å²) in [4.78, 5) is 14.4. The number of carbonyl (C=O) groups is 1. The molecular weight excluding hydrogens is 298 g/mol. The van der Waals surface area contributed by atoms with Crippen molar-refractivity contribution in [3.05, 3.63) is 53.6 Å². The third-order valence-electron chi connectivity index (χ3n) is 4.24. The number of nitrogens with one attached hydrogen (secondary N) is 2. The van der Waals surface area contributed by atoms with E-state index in [2.05, 4.69) is 48.4 Å². The first-order valence-corrected chi connectivity index (χ1v) is 8.49. The Labute approximate surface area is 144 Å². The Kier molecular flexibility index (Phi) is 6.24. The lowest BCUT2D eigenvalue weighted by atomic mass is 10.1. The zero-order valence-corrected chi connectivity index (χ0v) is 15.0. The standard InChI is InChI=1S/C20H27N3O/c1-5-23(6-2)19-11-9-17(10-12-19)21-14-20(24)22-18-8-7-15(3)16(4)13-18/h7-13,21H,5-6,14H2,1-4H3,(H,22,24). The van der Waals surface area contributed by atoms with Crippen LogP contribution in [0.4, 0.5) is 17.1 Å². The van der Waals surface area contributed by atoms with Crippen molar-refractivity contribution >= 4 is 23.0 Å². The number of aryl methyl sites for hydroxylation is 2. The van der Waals surface area contributed by atoms with Crippen LogP contribution in [0, 0.1) is 13.8 Å². The van der Waals surface area contributed by atoms with Gasteiger partial charge in [-0.05, 0) is 75.2 Å². The van der Waals surface area contributed by atoms with Gasteiger partial charge in [-0.25, -0.2) is 0 Å². The molecule has 0 aromatic heterocycles. The number of carbonyl (C=O) groups excluding carboxylic acids is 1. The zero-order chi connectivity index (χ0) is 17.5. The topological polar surface area (TPSA) is 44.4 Å². The van der Waals surface area contributed by atoms with E-state index >= 15 is 0 Å². The number of nitrogens with zero attached hydrogens (tertiary/aromatic N) is 1. The fourth-order valence-electron chi connectivity index (χ4n) is 2.59. The average molecular weight is 325 g/mol. The second-order valence-corrected chi connectivity index (χ2v) is 5.92. The molecule has 0 saturated carbocycles. The lowest BCUT2D eigenvalue weighted by Crippen LogP contribution is -2.22. The number of amides is 1. The van der Waals surface area contributed by atoms with Crippen molar-refractivity contribution in [2.24, 2.45) is 0 Å². The summed E-state index contributed by atoms with van der Waals surface area (Å²) < 4.78 is 0. The quantitative estimate of drug-likeness (QED) is 0.802. The van der Waals surface area contributed by atoms with Gasteiger partial charge < -0.3 is 15.5 Å². The van der Waals surface area contributed by atoms with E-state index in [1.165, 1.54) is 16.8 Å². The summed E-state index contributed by atoms with van der Waals surface area (Å²) in [6, 6.07) is 14.1. The fraction of sp³-hybridized carbons (Fsp3) is 0.350. The first-order chi connectivity index (χ1) is 11.5. The maximum absolute atomic E-state index is 12.1. The summed E-state index contributed by atoms with van der Waals surface area (Å²) in [5.41, 5.74) is 5.38. The Morgan fingerprint density at radius 1 is 0.917 bits per heavy atom. The van der Waals surface area contributed by atoms with Gasteiger partial charge in [0.1, 0.15) is 0 Å². The highest BCUT2D eigenvalue weighted by atomic mass is 16.1. The van der Waals surface area contributed by atoms with E-state index in [1.807, 2.05) is 37.3 Å². The van der Waals surface area contributed by atoms with Crippen LogP contribution in [0.25, 0.3) is 0 Å². The van der Waals surface area contributed by atoms with Gasteiger partial charge in [-0.2, -0.15) is 0 Å². The number of hydrogen-bond donors (Lipinski definition) is 2. The molecule has 2 N–H and O–H groups in total. The highest BCUT2D eigenvalue weighted by molar-refractivity contribution is 5.93. The lowest BCUT2D eigenvalue weighted by molar-refractivity contribution is -0.114. The van der Waals surface area contributed by atoms with Gasteiger partial charge in [0.05, 0.1) is 6.54 Å². The van der Waals surface area contributed by atoms with Gasteiger partial charge in [0.25, 0.3) is 0 Å². The average Bonchev–Trinajstić information content (AvgIpc) is 2.58. The maximum atomic E-state index is 12.1. The SMILES string of the molecule is CCN(CC)c1ccc(NCC(=O)Nc2ccc(C)c(C)c2)cc1. The van der Waals surface area contributed by atoms with Crippen molar-refractivity contribution in [3.63, 3.8) is 0 Å². The summed E-state index contributed by atoms with van der Waals surface area (Å²) >= 11 is 0. The third-order valence-corrected chi connectivity index (χ3v) is 4.24. The van der Waals surface area contributed by atoms with Gasteiger partial charge in [-0.15, -0.1) is 0 Å². The molecule has 0 spiro atoms. The van der Waals surface area contributed by atoms with Crippen LogP contribution in [0.5, 0.6) is 0 Å². The molecule has 24 heavy (non-hydrogen) atoms. The van der Waals surface area contributed by atoms with Crippen molar-refractivity contribution < 1.29 is 4.79 Å². The van der Waals surface area contributed by atoms with Crippen molar-refractivity contribution in [1.29, 1.82) is 0 Å². The Morgan fingerprint density at radius 3 is 2.12 bits per heavy atom. The van der Waals surface area contributed by atoms with E-state index in [-0.39, 0.29) is 12.5 Å². The Balaban J connectivity index is 1.88. The van der Waals surface area contributed by atoms with E-state index in [0.717, 1.165) is 24.5 Å². The van der Waals surface area contributed by atoms with Crippen LogP contribution in [0.3, 0.4) is 0 Å². The molecule has 1 amide bonds. The molecule has 0 atom stereocenters. The molecule has 4 heteroatoms. The van der Waals surface area contributed by atoms with Crippen LogP contribution in [0.1, 0.15) is 25.0 Å². The smallest absolute Gasteiger partial charge is 0.243 e. The second kappa shape index (κ2) is 8.39. The van der Waals surface area contributed by atoms with Gasteiger partial charge >= 0.3 is 0 Å². The minimum atomic E-state index is -0.0499. The second-order valence-electron chi connectivity index (χ2n) is 5.92. The number of hydrogen-bond acceptors (Lipinski definition) is 3. The molecule has 0 aliphatic carbocycles. The van der Waals surface area contributed by atoms with Gasteiger partial charge in [0.15, 0.2) is 0 Å². The lowest BCUT2D eigenvalue weighted by Gasteiger charge is -2.21. The number of benzene rings is 2. The van der Waals surface area contributed by atoms with E-state index in [4.69, 9.17) is 0 Å². The minimum Gasteiger partial charge on any atom is -0.376 e. The molecule has 0 radical (unpaired) electrons. The minimum absolute atomic E-state index is 0.0499. The van der Waals surface area contributed by atoms with Crippen molar-refractivity contribution in [1.82, 2.24) is 0 Å². The van der Waals surface area contributed by atoms with E-state index in [9.17, 15) is 4.79 Å². The van der Waals surface area contributed by atoms with Crippen LogP contribution in [-0.2, 0) is 4.79 Å². The fourth-order valence-corrected chi connectivity index (χ4v) is 2.59. The van der Waals surface area contributed by atoms with E-state index in [0.29, 0.717) is 0 Å². The molecule has 2 aromatic rings. The van der Waals surface area contributed by atoms with Gasteiger partial charge in [0.2, 0.25) is 5.91 Å². The summed E-state index contributed by atoms with van der Waals surface area (Å²) in [5, 5.41) is 6.08. The molecule has 0 bridgehead atoms. The molecule has 128 valence electrons. The predicted molar refractivity (Wildman–Crippen MR) is 103 cm³/mol. The van der Waals surface area contributed by atoms with Crippen molar-refractivity contribution in [3.8, 4) is 0 Å². The summed E-state index contributed by atoms with van der Waals surface area (Å²) in [6.45, 7) is 10.6. The van der Waals surface area contributed by atoms with Crippen LogP contribution in [0.15, 0.2) is 42.5 Å². The summed E-state index contributed by atoms with van der Waals surface area (Å²) in [7, 11) is 0. The number of anilines is 3. The molecule has 2 aromatic carbocycles. The number of rotatable bonds is 7. The molecule has 0 aliphatic rings. The Morgan fingerprint density at radius 2 is 1.54 bits per heavy atom. The highest BCUT2D eigenvalue weighted by Crippen LogP contribution is 2.18. The molecular formula is C20H27N3O. The molecule has 2 rings (SSSR count). The van der Waals surface area contributed by atoms with Crippen molar-refractivity contribution in [2.75, 3.05) is 35.2 Å². The van der Waals surface area contributed by atoms with Crippen LogP contribution >= 0.6 is 0 Å². The van der Waals surface area contributed by atoms with Gasteiger partial charge in [-0.3, -0.25) is 4.79 Å². The van der Waals surface area contributed by atoms with Gasteiger partial charge in [0, 0.05) is 30.2 Å². The maximum Gasteiger partial charge on any atom is 0.243 e. The monoisotopic (exact) mass is 325 g/mol. The van der Waals surface area contributed by atoms with Gasteiger partial charge in [-0.1, -0.05) is 6.07 Å². The van der Waals surface area contributed by atoms with Crippen LogP contribution in [0.2, 0.25) is 0 Å². The molecule has 0 fully saturated rings. The molecule has 0 heterocycles. The van der Waals surface area contributed by atoms with Crippen LogP contribution in [-0.4, -0.2) is 25.5 Å². The Hall–Kier alpha value is -2.49. The molecule has 4 nitrogen and oxygen atoms in total. The molecule has 0 saturated heterocycles. The van der Waals surface area contributed by atoms with E-state index < -0.39 is 0 Å². The Bertz CT molecular complexity index is 676. The first kappa shape index (κ1) is 17.9. The largest absolute Gasteiger partial charge is 0.376 e. The summed E-state index contributed by atoms with van der Waals surface area (Å²) in [5.74, 6) is -0.0499. The first-order valence-electron chi connectivity index (χ1n) is 8.49. The normalized spacial score (nSPS) is 10.3. The molecule has 0 unspecified atom stereocenters. The predicted octanol–water partition coefficient (Wildman–Crippen LogP) is 4.20. The van der Waals surface area contributed by atoms with Crippen LogP contribution < -0.4 is 15.5 Å². The summed E-state index contributed by atoms with van der Waals surface area (Å²) in [6.07, 6.45) is 0. The van der Waals surface area contributed by atoms with Crippen molar-refractivity contribution in [2.45, 2.75) is 27.7 Å².